The molecule has 0 radical (unpaired) electrons. The van der Waals surface area contributed by atoms with Crippen LogP contribution in [0, 0.1) is 21.7 Å². The first-order valence-electron chi connectivity index (χ1n) is 6.63. The summed E-state index contributed by atoms with van der Waals surface area (Å²) in [5.74, 6) is -1.97. The number of carbonyl (C=O) groups excluding carboxylic acids is 1. The molecule has 0 saturated heterocycles. The van der Waals surface area contributed by atoms with Gasteiger partial charge in [0.1, 0.15) is 0 Å². The molecule has 120 valence electrons. The number of hydrogen-bond acceptors (Lipinski definition) is 3. The highest BCUT2D eigenvalue weighted by atomic mass is 19.2. The predicted octanol–water partition coefficient (Wildman–Crippen LogP) is 3.76. The summed E-state index contributed by atoms with van der Waals surface area (Å²) in [6.45, 7) is 1.60. The maximum Gasteiger partial charge on any atom is 0.319 e. The number of carbonyl (C=O) groups is 1. The molecule has 2 aromatic carbocycles. The topological polar surface area (TPSA) is 84.3 Å². The minimum absolute atomic E-state index is 0.156. The number of amides is 2. The van der Waals surface area contributed by atoms with Crippen molar-refractivity contribution in [1.82, 2.24) is 5.32 Å². The normalized spacial score (nSPS) is 11.6. The van der Waals surface area contributed by atoms with Crippen LogP contribution in [-0.2, 0) is 0 Å². The van der Waals surface area contributed by atoms with E-state index in [0.717, 1.165) is 12.1 Å². The van der Waals surface area contributed by atoms with Gasteiger partial charge in [0.2, 0.25) is 0 Å². The van der Waals surface area contributed by atoms with Gasteiger partial charge in [-0.05, 0) is 30.7 Å². The van der Waals surface area contributed by atoms with E-state index < -0.39 is 28.6 Å². The summed E-state index contributed by atoms with van der Waals surface area (Å²) in [6, 6.07) is 7.56. The molecule has 23 heavy (non-hydrogen) atoms. The van der Waals surface area contributed by atoms with E-state index in [1.165, 1.54) is 30.3 Å². The van der Waals surface area contributed by atoms with Crippen LogP contribution in [-0.4, -0.2) is 11.0 Å². The number of nitrogens with zero attached hydrogens (tertiary/aromatic N) is 1. The second-order valence-corrected chi connectivity index (χ2v) is 4.80. The number of anilines is 1. The van der Waals surface area contributed by atoms with Crippen LogP contribution in [0.5, 0.6) is 0 Å². The fraction of sp³-hybridized carbons (Fsp3) is 0.133. The lowest BCUT2D eigenvalue weighted by molar-refractivity contribution is -0.384. The molecule has 6 nitrogen and oxygen atoms in total. The third-order valence-electron chi connectivity index (χ3n) is 3.11. The Morgan fingerprint density at radius 1 is 1.17 bits per heavy atom. The van der Waals surface area contributed by atoms with Crippen molar-refractivity contribution in [3.05, 3.63) is 69.8 Å². The number of non-ortho nitro benzene ring substituents is 1. The highest BCUT2D eigenvalue weighted by molar-refractivity contribution is 5.89. The third-order valence-corrected chi connectivity index (χ3v) is 3.11. The Hall–Kier alpha value is -3.03. The van der Waals surface area contributed by atoms with Gasteiger partial charge >= 0.3 is 6.03 Å². The fourth-order valence-corrected chi connectivity index (χ4v) is 1.93. The lowest BCUT2D eigenvalue weighted by Crippen LogP contribution is -2.31. The minimum atomic E-state index is -1.00. The summed E-state index contributed by atoms with van der Waals surface area (Å²) in [6.07, 6.45) is 0. The van der Waals surface area contributed by atoms with Gasteiger partial charge in [-0.15, -0.1) is 0 Å². The van der Waals surface area contributed by atoms with Crippen LogP contribution in [0.4, 0.5) is 25.0 Å². The van der Waals surface area contributed by atoms with Crippen molar-refractivity contribution in [3.8, 4) is 0 Å². The van der Waals surface area contributed by atoms with Gasteiger partial charge in [-0.3, -0.25) is 10.1 Å². The number of urea groups is 1. The van der Waals surface area contributed by atoms with Crippen LogP contribution in [0.2, 0.25) is 0 Å². The summed E-state index contributed by atoms with van der Waals surface area (Å²) < 4.78 is 26.1. The van der Waals surface area contributed by atoms with Gasteiger partial charge in [0.15, 0.2) is 11.6 Å². The van der Waals surface area contributed by atoms with Crippen LogP contribution in [0.15, 0.2) is 42.5 Å². The zero-order chi connectivity index (χ0) is 17.0. The molecule has 0 bridgehead atoms. The smallest absolute Gasteiger partial charge is 0.319 e. The Bertz CT molecular complexity index is 752. The summed E-state index contributed by atoms with van der Waals surface area (Å²) in [5, 5.41) is 15.6. The van der Waals surface area contributed by atoms with Gasteiger partial charge in [-0.2, -0.15) is 0 Å². The van der Waals surface area contributed by atoms with E-state index in [9.17, 15) is 23.7 Å². The standard InChI is InChI=1S/C15H13F2N3O3/c1-9(10-5-6-13(16)14(17)7-10)18-15(21)19-11-3-2-4-12(8-11)20(22)23/h2-9H,1H3,(H2,18,19,21). The van der Waals surface area contributed by atoms with Crippen molar-refractivity contribution in [3.63, 3.8) is 0 Å². The molecule has 2 N–H and O–H groups in total. The van der Waals surface area contributed by atoms with Gasteiger partial charge in [-0.25, -0.2) is 13.6 Å². The summed E-state index contributed by atoms with van der Waals surface area (Å²) in [5.41, 5.74) is 0.476. The Morgan fingerprint density at radius 2 is 1.91 bits per heavy atom. The van der Waals surface area contributed by atoms with Crippen molar-refractivity contribution in [1.29, 1.82) is 0 Å². The molecular formula is C15H13F2N3O3. The van der Waals surface area contributed by atoms with Gasteiger partial charge in [-0.1, -0.05) is 12.1 Å². The summed E-state index contributed by atoms with van der Waals surface area (Å²) in [7, 11) is 0. The molecule has 0 saturated carbocycles. The SMILES string of the molecule is CC(NC(=O)Nc1cccc([N+](=O)[O-])c1)c1ccc(F)c(F)c1. The molecule has 1 unspecified atom stereocenters. The molecule has 0 aliphatic rings. The molecule has 0 heterocycles. The highest BCUT2D eigenvalue weighted by Gasteiger charge is 2.13. The molecule has 2 rings (SSSR count). The van der Waals surface area contributed by atoms with E-state index in [0.29, 0.717) is 5.56 Å². The number of hydrogen-bond donors (Lipinski definition) is 2. The van der Waals surface area contributed by atoms with E-state index >= 15 is 0 Å². The zero-order valence-corrected chi connectivity index (χ0v) is 12.0. The third kappa shape index (κ3) is 4.22. The second-order valence-electron chi connectivity index (χ2n) is 4.80. The Kier molecular flexibility index (Phi) is 4.85. The van der Waals surface area contributed by atoms with Crippen molar-refractivity contribution in [2.45, 2.75) is 13.0 Å². The number of benzene rings is 2. The van der Waals surface area contributed by atoms with Crippen molar-refractivity contribution < 1.29 is 18.5 Å². The van der Waals surface area contributed by atoms with E-state index in [1.807, 2.05) is 0 Å². The number of rotatable bonds is 4. The Labute approximate surface area is 130 Å². The quantitative estimate of drug-likeness (QED) is 0.664. The Balaban J connectivity index is 2.02. The molecular weight excluding hydrogens is 308 g/mol. The van der Waals surface area contributed by atoms with Crippen molar-refractivity contribution in [2.75, 3.05) is 5.32 Å². The lowest BCUT2D eigenvalue weighted by atomic mass is 10.1. The van der Waals surface area contributed by atoms with Crippen LogP contribution in [0.3, 0.4) is 0 Å². The van der Waals surface area contributed by atoms with Gasteiger partial charge in [0.05, 0.1) is 11.0 Å². The number of halogens is 2. The van der Waals surface area contributed by atoms with E-state index in [4.69, 9.17) is 0 Å². The summed E-state index contributed by atoms with van der Waals surface area (Å²) >= 11 is 0. The molecule has 0 fully saturated rings. The van der Waals surface area contributed by atoms with Gasteiger partial charge in [0, 0.05) is 17.8 Å². The largest absolute Gasteiger partial charge is 0.331 e. The van der Waals surface area contributed by atoms with Crippen molar-refractivity contribution >= 4 is 17.4 Å². The first-order chi connectivity index (χ1) is 10.9. The van der Waals surface area contributed by atoms with Crippen LogP contribution in [0.1, 0.15) is 18.5 Å². The lowest BCUT2D eigenvalue weighted by Gasteiger charge is -2.15. The van der Waals surface area contributed by atoms with E-state index in [2.05, 4.69) is 10.6 Å². The first-order valence-corrected chi connectivity index (χ1v) is 6.63. The van der Waals surface area contributed by atoms with Crippen LogP contribution in [0.25, 0.3) is 0 Å². The maximum absolute atomic E-state index is 13.2. The van der Waals surface area contributed by atoms with E-state index in [-0.39, 0.29) is 11.4 Å². The highest BCUT2D eigenvalue weighted by Crippen LogP contribution is 2.18. The molecule has 0 aliphatic heterocycles. The second kappa shape index (κ2) is 6.82. The zero-order valence-electron chi connectivity index (χ0n) is 12.0. The van der Waals surface area contributed by atoms with Gasteiger partial charge in [0.25, 0.3) is 5.69 Å². The summed E-state index contributed by atoms with van der Waals surface area (Å²) in [4.78, 5) is 22.0. The predicted molar refractivity (Wildman–Crippen MR) is 80.0 cm³/mol. The maximum atomic E-state index is 13.2. The van der Waals surface area contributed by atoms with Crippen molar-refractivity contribution in [2.24, 2.45) is 0 Å². The van der Waals surface area contributed by atoms with E-state index in [1.54, 1.807) is 6.92 Å². The fourth-order valence-electron chi connectivity index (χ4n) is 1.93. The van der Waals surface area contributed by atoms with Gasteiger partial charge < -0.3 is 10.6 Å². The molecule has 2 aromatic rings. The molecule has 8 heteroatoms. The number of nitro benzene ring substituents is 1. The number of nitrogens with one attached hydrogen (secondary N) is 2. The van der Waals surface area contributed by atoms with Crippen LogP contribution < -0.4 is 10.6 Å². The first kappa shape index (κ1) is 16.3. The number of nitro groups is 1. The minimum Gasteiger partial charge on any atom is -0.331 e. The van der Waals surface area contributed by atoms with Crippen LogP contribution >= 0.6 is 0 Å². The molecule has 0 aliphatic carbocycles. The average Bonchev–Trinajstić information content (AvgIpc) is 2.50. The molecule has 1 atom stereocenters. The molecule has 2 amide bonds. The Morgan fingerprint density at radius 3 is 2.57 bits per heavy atom. The average molecular weight is 321 g/mol. The molecule has 0 spiro atoms. The monoisotopic (exact) mass is 321 g/mol. The molecule has 0 aromatic heterocycles.